The highest BCUT2D eigenvalue weighted by atomic mass is 16.6. The Bertz CT molecular complexity index is 445. The first-order valence-corrected chi connectivity index (χ1v) is 10.2. The molecule has 4 nitrogen and oxygen atoms in total. The summed E-state index contributed by atoms with van der Waals surface area (Å²) in [6, 6.07) is 0.547. The molecule has 2 aliphatic rings. The van der Waals surface area contributed by atoms with Crippen molar-refractivity contribution in [1.82, 2.24) is 10.2 Å². The van der Waals surface area contributed by atoms with Crippen LogP contribution in [0.5, 0.6) is 0 Å². The highest BCUT2D eigenvalue weighted by molar-refractivity contribution is 5.68. The lowest BCUT2D eigenvalue weighted by atomic mass is 9.67. The molecule has 0 spiro atoms. The fourth-order valence-electron chi connectivity index (χ4n) is 4.44. The summed E-state index contributed by atoms with van der Waals surface area (Å²) in [4.78, 5) is 14.4. The molecule has 1 amide bonds. The average molecular weight is 353 g/mol. The summed E-state index contributed by atoms with van der Waals surface area (Å²) >= 11 is 0. The summed E-state index contributed by atoms with van der Waals surface area (Å²) in [5.74, 6) is 2.09. The molecule has 0 radical (unpaired) electrons. The Morgan fingerprint density at radius 3 is 2.32 bits per heavy atom. The minimum Gasteiger partial charge on any atom is -0.444 e. The molecular formula is C21H40N2O2. The third-order valence-electron chi connectivity index (χ3n) is 6.42. The summed E-state index contributed by atoms with van der Waals surface area (Å²) in [5, 5.41) is 3.84. The third kappa shape index (κ3) is 5.35. The van der Waals surface area contributed by atoms with Gasteiger partial charge in [0.1, 0.15) is 5.60 Å². The number of piperidine rings is 2. The maximum atomic E-state index is 12.5. The second kappa shape index (κ2) is 7.85. The van der Waals surface area contributed by atoms with E-state index in [4.69, 9.17) is 4.74 Å². The van der Waals surface area contributed by atoms with Crippen LogP contribution in [0.4, 0.5) is 4.79 Å². The van der Waals surface area contributed by atoms with E-state index in [2.05, 4.69) is 33.0 Å². The van der Waals surface area contributed by atoms with Crippen molar-refractivity contribution in [3.05, 3.63) is 0 Å². The molecule has 2 saturated heterocycles. The predicted octanol–water partition coefficient (Wildman–Crippen LogP) is 4.68. The fourth-order valence-corrected chi connectivity index (χ4v) is 4.44. The van der Waals surface area contributed by atoms with Crippen molar-refractivity contribution < 1.29 is 9.53 Å². The van der Waals surface area contributed by atoms with E-state index < -0.39 is 5.60 Å². The van der Waals surface area contributed by atoms with Gasteiger partial charge in [-0.1, -0.05) is 27.7 Å². The number of carbonyl (C=O) groups excluding carboxylic acids is 1. The number of likely N-dealkylation sites (tertiary alicyclic amines) is 1. The number of ether oxygens (including phenoxy) is 1. The normalized spacial score (nSPS) is 29.0. The van der Waals surface area contributed by atoms with E-state index in [9.17, 15) is 4.79 Å². The van der Waals surface area contributed by atoms with Crippen LogP contribution in [-0.4, -0.2) is 42.3 Å². The summed E-state index contributed by atoms with van der Waals surface area (Å²) in [6.07, 6.45) is 4.71. The quantitative estimate of drug-likeness (QED) is 0.801. The van der Waals surface area contributed by atoms with Crippen LogP contribution in [0.3, 0.4) is 0 Å². The van der Waals surface area contributed by atoms with Gasteiger partial charge < -0.3 is 15.0 Å². The van der Waals surface area contributed by atoms with Gasteiger partial charge in [0, 0.05) is 19.1 Å². The van der Waals surface area contributed by atoms with Gasteiger partial charge in [0.05, 0.1) is 0 Å². The number of nitrogens with zero attached hydrogens (tertiary/aromatic N) is 1. The number of rotatable bonds is 3. The number of carbonyl (C=O) groups is 1. The van der Waals surface area contributed by atoms with E-state index >= 15 is 0 Å². The molecular weight excluding hydrogens is 312 g/mol. The molecule has 2 rings (SSSR count). The van der Waals surface area contributed by atoms with Crippen LogP contribution in [0.2, 0.25) is 0 Å². The SMILES string of the molecule is CC(C)[C@@H]1CCC(C(C)(C)[C@@H]2CCCN(C(=O)OC(C)(C)C)C2)NC1. The van der Waals surface area contributed by atoms with Gasteiger partial charge in [-0.15, -0.1) is 0 Å². The van der Waals surface area contributed by atoms with Crippen molar-refractivity contribution in [1.29, 1.82) is 0 Å². The molecule has 0 aromatic rings. The highest BCUT2D eigenvalue weighted by Gasteiger charge is 2.42. The zero-order valence-corrected chi connectivity index (χ0v) is 17.5. The Morgan fingerprint density at radius 2 is 1.80 bits per heavy atom. The lowest BCUT2D eigenvalue weighted by Crippen LogP contribution is -2.55. The minimum atomic E-state index is -0.420. The molecule has 0 aromatic heterocycles. The molecule has 0 bridgehead atoms. The smallest absolute Gasteiger partial charge is 0.410 e. The van der Waals surface area contributed by atoms with E-state index in [0.29, 0.717) is 12.0 Å². The van der Waals surface area contributed by atoms with Gasteiger partial charge in [-0.25, -0.2) is 4.79 Å². The molecule has 25 heavy (non-hydrogen) atoms. The summed E-state index contributed by atoms with van der Waals surface area (Å²) in [6.45, 7) is 18.0. The van der Waals surface area contributed by atoms with E-state index in [1.165, 1.54) is 19.3 Å². The average Bonchev–Trinajstić information content (AvgIpc) is 2.53. The molecule has 1 N–H and O–H groups in total. The van der Waals surface area contributed by atoms with Crippen LogP contribution in [0.15, 0.2) is 0 Å². The standard InChI is InChI=1S/C21H40N2O2/c1-15(2)16-10-11-18(22-13-16)21(6,7)17-9-8-12-23(14-17)19(24)25-20(3,4)5/h15-18,22H,8-14H2,1-7H3/t16-,17-,18?/m1/s1. The molecule has 1 unspecified atom stereocenters. The van der Waals surface area contributed by atoms with E-state index in [1.807, 2.05) is 25.7 Å². The first kappa shape index (κ1) is 20.5. The Balaban J connectivity index is 1.96. The summed E-state index contributed by atoms with van der Waals surface area (Å²) in [5.41, 5.74) is -0.223. The maximum absolute atomic E-state index is 12.5. The molecule has 4 heteroatoms. The van der Waals surface area contributed by atoms with Crippen LogP contribution >= 0.6 is 0 Å². The Kier molecular flexibility index (Phi) is 6.45. The first-order valence-electron chi connectivity index (χ1n) is 10.2. The van der Waals surface area contributed by atoms with Crippen molar-refractivity contribution in [3.63, 3.8) is 0 Å². The predicted molar refractivity (Wildman–Crippen MR) is 104 cm³/mol. The molecule has 2 fully saturated rings. The monoisotopic (exact) mass is 352 g/mol. The van der Waals surface area contributed by atoms with Gasteiger partial charge in [-0.3, -0.25) is 0 Å². The second-order valence-electron chi connectivity index (χ2n) is 10.1. The van der Waals surface area contributed by atoms with Gasteiger partial charge in [0.2, 0.25) is 0 Å². The zero-order valence-electron chi connectivity index (χ0n) is 17.5. The van der Waals surface area contributed by atoms with Crippen molar-refractivity contribution in [2.45, 2.75) is 85.8 Å². The minimum absolute atomic E-state index is 0.149. The van der Waals surface area contributed by atoms with E-state index in [-0.39, 0.29) is 11.5 Å². The van der Waals surface area contributed by atoms with Crippen LogP contribution in [0, 0.1) is 23.2 Å². The topological polar surface area (TPSA) is 41.6 Å². The Hall–Kier alpha value is -0.770. The van der Waals surface area contributed by atoms with Crippen molar-refractivity contribution in [3.8, 4) is 0 Å². The molecule has 0 aliphatic carbocycles. The van der Waals surface area contributed by atoms with Gasteiger partial charge in [-0.05, 0) is 76.2 Å². The van der Waals surface area contributed by atoms with Gasteiger partial charge in [0.25, 0.3) is 0 Å². The zero-order chi connectivity index (χ0) is 18.8. The van der Waals surface area contributed by atoms with Crippen molar-refractivity contribution >= 4 is 6.09 Å². The summed E-state index contributed by atoms with van der Waals surface area (Å²) < 4.78 is 5.60. The van der Waals surface area contributed by atoms with E-state index in [1.54, 1.807) is 0 Å². The molecule has 146 valence electrons. The molecule has 3 atom stereocenters. The van der Waals surface area contributed by atoms with Crippen molar-refractivity contribution in [2.24, 2.45) is 23.2 Å². The molecule has 0 saturated carbocycles. The van der Waals surface area contributed by atoms with Gasteiger partial charge in [-0.2, -0.15) is 0 Å². The first-order chi connectivity index (χ1) is 11.5. The van der Waals surface area contributed by atoms with Crippen LogP contribution < -0.4 is 5.32 Å². The second-order valence-corrected chi connectivity index (χ2v) is 10.1. The van der Waals surface area contributed by atoms with Crippen LogP contribution in [0.1, 0.15) is 74.1 Å². The number of hydrogen-bond acceptors (Lipinski definition) is 3. The number of amides is 1. The fraction of sp³-hybridized carbons (Fsp3) is 0.952. The molecule has 0 aromatic carbocycles. The Morgan fingerprint density at radius 1 is 1.12 bits per heavy atom. The highest BCUT2D eigenvalue weighted by Crippen LogP contribution is 2.40. The van der Waals surface area contributed by atoms with E-state index in [0.717, 1.165) is 37.9 Å². The lowest BCUT2D eigenvalue weighted by Gasteiger charge is -2.48. The van der Waals surface area contributed by atoms with Gasteiger partial charge in [0.15, 0.2) is 0 Å². The maximum Gasteiger partial charge on any atom is 0.410 e. The van der Waals surface area contributed by atoms with Crippen LogP contribution in [-0.2, 0) is 4.74 Å². The lowest BCUT2D eigenvalue weighted by molar-refractivity contribution is -0.000973. The summed E-state index contributed by atoms with van der Waals surface area (Å²) in [7, 11) is 0. The third-order valence-corrected chi connectivity index (χ3v) is 6.42. The Labute approximate surface area is 155 Å². The largest absolute Gasteiger partial charge is 0.444 e. The number of nitrogens with one attached hydrogen (secondary N) is 1. The molecule has 2 heterocycles. The van der Waals surface area contributed by atoms with Crippen molar-refractivity contribution in [2.75, 3.05) is 19.6 Å². The molecule has 2 aliphatic heterocycles. The van der Waals surface area contributed by atoms with Crippen LogP contribution in [0.25, 0.3) is 0 Å². The number of hydrogen-bond donors (Lipinski definition) is 1. The van der Waals surface area contributed by atoms with Gasteiger partial charge >= 0.3 is 6.09 Å².